The molecule has 1 fully saturated rings. The Hall–Kier alpha value is -1.56. The van der Waals surface area contributed by atoms with Crippen molar-refractivity contribution >= 4 is 27.8 Å². The van der Waals surface area contributed by atoms with Crippen molar-refractivity contribution in [3.05, 3.63) is 28.2 Å². The molecule has 0 saturated carbocycles. The summed E-state index contributed by atoms with van der Waals surface area (Å²) < 4.78 is 0.661. The van der Waals surface area contributed by atoms with Crippen LogP contribution in [-0.4, -0.2) is 39.6 Å². The number of aromatic hydroxyl groups is 1. The molecule has 6 heteroatoms. The van der Waals surface area contributed by atoms with Crippen molar-refractivity contribution in [2.45, 2.75) is 25.8 Å². The summed E-state index contributed by atoms with van der Waals surface area (Å²) >= 11 is 3.21. The molecule has 2 N–H and O–H groups in total. The van der Waals surface area contributed by atoms with Gasteiger partial charge in [-0.3, -0.25) is 4.79 Å². The predicted octanol–water partition coefficient (Wildman–Crippen LogP) is 2.48. The number of carbonyl (C=O) groups is 2. The Kier molecular flexibility index (Phi) is 4.32. The third kappa shape index (κ3) is 2.80. The number of hydrogen-bond donors (Lipinski definition) is 2. The minimum Gasteiger partial charge on any atom is -0.507 e. The van der Waals surface area contributed by atoms with E-state index in [1.807, 2.05) is 6.92 Å². The average molecular weight is 342 g/mol. The Bertz CT molecular complexity index is 546. The highest BCUT2D eigenvalue weighted by Crippen LogP contribution is 2.29. The highest BCUT2D eigenvalue weighted by Gasteiger charge is 2.37. The lowest BCUT2D eigenvalue weighted by atomic mass is 9.90. The van der Waals surface area contributed by atoms with E-state index < -0.39 is 17.9 Å². The summed E-state index contributed by atoms with van der Waals surface area (Å²) in [6.45, 7) is 2.23. The number of carbonyl (C=O) groups excluding carboxylic acids is 1. The fourth-order valence-corrected chi connectivity index (χ4v) is 2.98. The van der Waals surface area contributed by atoms with Crippen LogP contribution in [0, 0.1) is 5.92 Å². The third-order valence-corrected chi connectivity index (χ3v) is 4.13. The number of halogens is 1. The third-order valence-electron chi connectivity index (χ3n) is 3.64. The number of rotatable bonds is 2. The van der Waals surface area contributed by atoms with Crippen LogP contribution >= 0.6 is 15.9 Å². The van der Waals surface area contributed by atoms with Crippen molar-refractivity contribution in [2.24, 2.45) is 5.92 Å². The Balaban J connectivity index is 2.33. The first-order valence-corrected chi connectivity index (χ1v) is 7.23. The number of carboxylic acid groups (broad SMARTS) is 1. The van der Waals surface area contributed by atoms with Crippen LogP contribution in [0.25, 0.3) is 0 Å². The zero-order valence-electron chi connectivity index (χ0n) is 11.0. The fourth-order valence-electron chi connectivity index (χ4n) is 2.63. The van der Waals surface area contributed by atoms with Crippen molar-refractivity contribution < 1.29 is 19.8 Å². The number of aliphatic carboxylic acids is 1. The molecule has 1 saturated heterocycles. The van der Waals surface area contributed by atoms with Gasteiger partial charge in [0.2, 0.25) is 0 Å². The van der Waals surface area contributed by atoms with Gasteiger partial charge in [-0.1, -0.05) is 22.9 Å². The second kappa shape index (κ2) is 5.83. The van der Waals surface area contributed by atoms with Gasteiger partial charge in [-0.2, -0.15) is 0 Å². The van der Waals surface area contributed by atoms with E-state index in [1.165, 1.54) is 17.0 Å². The van der Waals surface area contributed by atoms with Gasteiger partial charge >= 0.3 is 5.97 Å². The first-order valence-electron chi connectivity index (χ1n) is 6.44. The highest BCUT2D eigenvalue weighted by molar-refractivity contribution is 9.10. The highest BCUT2D eigenvalue weighted by atomic mass is 79.9. The molecule has 2 rings (SSSR count). The SMILES string of the molecule is CC1CCCN(C(=O)c2ccc(Br)cc2O)C1C(=O)O. The van der Waals surface area contributed by atoms with Gasteiger partial charge in [-0.05, 0) is 37.0 Å². The van der Waals surface area contributed by atoms with Gasteiger partial charge in [0.15, 0.2) is 0 Å². The molecular formula is C14H16BrNO4. The number of likely N-dealkylation sites (tertiary alicyclic amines) is 1. The second-order valence-corrected chi connectivity index (χ2v) is 5.98. The van der Waals surface area contributed by atoms with Gasteiger partial charge in [0.1, 0.15) is 11.8 Å². The molecule has 0 aromatic heterocycles. The Morgan fingerprint density at radius 1 is 1.40 bits per heavy atom. The van der Waals surface area contributed by atoms with Crippen LogP contribution in [0.3, 0.4) is 0 Å². The second-order valence-electron chi connectivity index (χ2n) is 5.06. The minimum atomic E-state index is -0.998. The summed E-state index contributed by atoms with van der Waals surface area (Å²) in [7, 11) is 0. The molecule has 1 amide bonds. The Morgan fingerprint density at radius 3 is 2.70 bits per heavy atom. The summed E-state index contributed by atoms with van der Waals surface area (Å²) in [4.78, 5) is 25.2. The van der Waals surface area contributed by atoms with Gasteiger partial charge in [-0.15, -0.1) is 0 Å². The standard InChI is InChI=1S/C14H16BrNO4/c1-8-3-2-6-16(12(8)14(19)20)13(18)10-5-4-9(15)7-11(10)17/h4-5,7-8,12,17H,2-3,6H2,1H3,(H,19,20). The molecule has 0 spiro atoms. The van der Waals surface area contributed by atoms with Gasteiger partial charge in [0, 0.05) is 11.0 Å². The van der Waals surface area contributed by atoms with Crippen molar-refractivity contribution in [1.82, 2.24) is 4.90 Å². The zero-order chi connectivity index (χ0) is 14.9. The van der Waals surface area contributed by atoms with Crippen LogP contribution in [0.5, 0.6) is 5.75 Å². The molecule has 0 radical (unpaired) electrons. The van der Waals surface area contributed by atoms with Gasteiger partial charge in [0.05, 0.1) is 5.56 Å². The normalized spacial score (nSPS) is 22.6. The van der Waals surface area contributed by atoms with Gasteiger partial charge in [-0.25, -0.2) is 4.79 Å². The number of amides is 1. The number of benzene rings is 1. The maximum Gasteiger partial charge on any atom is 0.326 e. The van der Waals surface area contributed by atoms with Crippen LogP contribution in [0.4, 0.5) is 0 Å². The van der Waals surface area contributed by atoms with Crippen molar-refractivity contribution in [3.63, 3.8) is 0 Å². The van der Waals surface area contributed by atoms with Gasteiger partial charge in [0.25, 0.3) is 5.91 Å². The molecule has 2 unspecified atom stereocenters. The number of phenolic OH excluding ortho intramolecular Hbond substituents is 1. The predicted molar refractivity (Wildman–Crippen MR) is 76.7 cm³/mol. The molecule has 1 aliphatic heterocycles. The van der Waals surface area contributed by atoms with E-state index >= 15 is 0 Å². The van der Waals surface area contributed by atoms with E-state index in [2.05, 4.69) is 15.9 Å². The summed E-state index contributed by atoms with van der Waals surface area (Å²) in [5, 5.41) is 19.2. The molecule has 1 heterocycles. The zero-order valence-corrected chi connectivity index (χ0v) is 12.6. The quantitative estimate of drug-likeness (QED) is 0.866. The van der Waals surface area contributed by atoms with E-state index in [0.29, 0.717) is 11.0 Å². The van der Waals surface area contributed by atoms with E-state index in [0.717, 1.165) is 12.8 Å². The summed E-state index contributed by atoms with van der Waals surface area (Å²) in [6, 6.07) is 3.74. The molecule has 108 valence electrons. The maximum atomic E-state index is 12.5. The molecule has 1 aliphatic rings. The topological polar surface area (TPSA) is 77.8 Å². The lowest BCUT2D eigenvalue weighted by Gasteiger charge is -2.37. The molecule has 2 atom stereocenters. The number of hydrogen-bond acceptors (Lipinski definition) is 3. The van der Waals surface area contributed by atoms with Crippen LogP contribution in [0.15, 0.2) is 22.7 Å². The number of piperidine rings is 1. The Morgan fingerprint density at radius 2 is 2.10 bits per heavy atom. The number of carboxylic acids is 1. The molecule has 20 heavy (non-hydrogen) atoms. The monoisotopic (exact) mass is 341 g/mol. The lowest BCUT2D eigenvalue weighted by molar-refractivity contribution is -0.145. The number of nitrogens with zero attached hydrogens (tertiary/aromatic N) is 1. The summed E-state index contributed by atoms with van der Waals surface area (Å²) in [5.41, 5.74) is 0.133. The molecular weight excluding hydrogens is 326 g/mol. The van der Waals surface area contributed by atoms with E-state index in [-0.39, 0.29) is 17.2 Å². The van der Waals surface area contributed by atoms with E-state index in [4.69, 9.17) is 0 Å². The molecule has 5 nitrogen and oxygen atoms in total. The minimum absolute atomic E-state index is 0.0946. The first-order chi connectivity index (χ1) is 9.41. The number of phenols is 1. The molecule has 1 aromatic carbocycles. The molecule has 0 bridgehead atoms. The van der Waals surface area contributed by atoms with Crippen molar-refractivity contribution in [2.75, 3.05) is 6.54 Å². The molecule has 1 aromatic rings. The average Bonchev–Trinajstić information content (AvgIpc) is 2.37. The largest absolute Gasteiger partial charge is 0.507 e. The summed E-state index contributed by atoms with van der Waals surface area (Å²) in [5.74, 6) is -1.68. The van der Waals surface area contributed by atoms with Crippen molar-refractivity contribution in [1.29, 1.82) is 0 Å². The maximum absolute atomic E-state index is 12.5. The van der Waals surface area contributed by atoms with E-state index in [1.54, 1.807) is 6.07 Å². The smallest absolute Gasteiger partial charge is 0.326 e. The van der Waals surface area contributed by atoms with Gasteiger partial charge < -0.3 is 15.1 Å². The Labute approximate surface area is 125 Å². The van der Waals surface area contributed by atoms with Crippen molar-refractivity contribution in [3.8, 4) is 5.75 Å². The fraction of sp³-hybridized carbons (Fsp3) is 0.429. The first kappa shape index (κ1) is 14.8. The van der Waals surface area contributed by atoms with Crippen LogP contribution in [-0.2, 0) is 4.79 Å². The summed E-state index contributed by atoms with van der Waals surface area (Å²) in [6.07, 6.45) is 1.56. The van der Waals surface area contributed by atoms with Crippen LogP contribution in [0.2, 0.25) is 0 Å². The lowest BCUT2D eigenvalue weighted by Crippen LogP contribution is -2.51. The van der Waals surface area contributed by atoms with Crippen LogP contribution in [0.1, 0.15) is 30.1 Å². The molecule has 0 aliphatic carbocycles. The van der Waals surface area contributed by atoms with Crippen LogP contribution < -0.4 is 0 Å². The van der Waals surface area contributed by atoms with E-state index in [9.17, 15) is 19.8 Å².